The minimum Gasteiger partial charge on any atom is -0.320 e. The minimum absolute atomic E-state index is 0.154. The topological polar surface area (TPSA) is 74.1 Å². The number of amides is 1. The number of ketones is 1. The van der Waals surface area contributed by atoms with E-state index in [9.17, 15) is 18.4 Å². The normalized spacial score (nSPS) is 16.9. The number of aromatic nitrogens is 1. The zero-order chi connectivity index (χ0) is 27.7. The highest BCUT2D eigenvalue weighted by molar-refractivity contribution is 6.31. The first-order valence-electron chi connectivity index (χ1n) is 12.5. The van der Waals surface area contributed by atoms with Gasteiger partial charge in [0.15, 0.2) is 5.78 Å². The third-order valence-electron chi connectivity index (χ3n) is 7.01. The van der Waals surface area contributed by atoms with Crippen LogP contribution in [0.4, 0.5) is 8.78 Å². The molecule has 8 heteroatoms. The molecule has 0 aliphatic carbocycles. The van der Waals surface area contributed by atoms with Gasteiger partial charge in [-0.1, -0.05) is 41.9 Å². The van der Waals surface area contributed by atoms with Gasteiger partial charge in [-0.25, -0.2) is 8.78 Å². The molecule has 0 radical (unpaired) electrons. The van der Waals surface area contributed by atoms with Gasteiger partial charge >= 0.3 is 0 Å². The Bertz CT molecular complexity index is 1690. The number of benzene rings is 3. The van der Waals surface area contributed by atoms with Crippen molar-refractivity contribution in [2.45, 2.75) is 38.2 Å². The number of nitriles is 1. The maximum Gasteiger partial charge on any atom is 0.268 e. The van der Waals surface area contributed by atoms with Gasteiger partial charge in [-0.2, -0.15) is 5.26 Å². The quantitative estimate of drug-likeness (QED) is 0.188. The number of pyridine rings is 1. The maximum absolute atomic E-state index is 13.7. The molecule has 1 aliphatic heterocycles. The van der Waals surface area contributed by atoms with Crippen molar-refractivity contribution in [2.75, 3.05) is 6.54 Å². The number of hydrogen-bond acceptors (Lipinski definition) is 4. The second-order valence-electron chi connectivity index (χ2n) is 9.82. The van der Waals surface area contributed by atoms with Crippen LogP contribution in [-0.2, 0) is 4.79 Å². The fourth-order valence-corrected chi connectivity index (χ4v) is 5.17. The molecule has 1 saturated heterocycles. The Hall–Kier alpha value is -4.15. The van der Waals surface area contributed by atoms with E-state index < -0.39 is 30.8 Å². The van der Waals surface area contributed by atoms with Crippen molar-refractivity contribution in [1.82, 2.24) is 9.88 Å². The van der Waals surface area contributed by atoms with E-state index in [4.69, 9.17) is 16.9 Å². The highest BCUT2D eigenvalue weighted by atomic mass is 35.5. The molecule has 5 rings (SSSR count). The third-order valence-corrected chi connectivity index (χ3v) is 7.25. The van der Waals surface area contributed by atoms with Gasteiger partial charge in [-0.15, -0.1) is 0 Å². The standard InChI is InChI=1S/C31H24ClF2N3O2/c1-19(21-3-4-23-15-24(32)6-5-22(23)14-21)12-20-2-7-28-27(13-20)26(10-11-36-28)29(38)8-9-30(39)37-18-31(33,34)16-25(37)17-35/h2-7,10-15,25H,8-9,16,18H2,1H3/b19-12+/t25-/m0/s1. The van der Waals surface area contributed by atoms with E-state index in [2.05, 4.69) is 11.1 Å². The fourth-order valence-electron chi connectivity index (χ4n) is 4.99. The van der Waals surface area contributed by atoms with Crippen molar-refractivity contribution in [2.24, 2.45) is 0 Å². The first-order chi connectivity index (χ1) is 18.6. The summed E-state index contributed by atoms with van der Waals surface area (Å²) in [7, 11) is 0. The van der Waals surface area contributed by atoms with E-state index in [1.54, 1.807) is 12.1 Å². The fraction of sp³-hybridized carbons (Fsp3) is 0.226. The largest absolute Gasteiger partial charge is 0.320 e. The van der Waals surface area contributed by atoms with Gasteiger partial charge in [0.05, 0.1) is 18.1 Å². The van der Waals surface area contributed by atoms with Crippen molar-refractivity contribution in [3.63, 3.8) is 0 Å². The van der Waals surface area contributed by atoms with Crippen LogP contribution < -0.4 is 0 Å². The molecule has 0 saturated carbocycles. The minimum atomic E-state index is -3.09. The Morgan fingerprint density at radius 3 is 2.67 bits per heavy atom. The average molecular weight is 544 g/mol. The van der Waals surface area contributed by atoms with Crippen molar-refractivity contribution in [3.8, 4) is 6.07 Å². The van der Waals surface area contributed by atoms with E-state index in [0.29, 0.717) is 21.5 Å². The molecule has 4 aromatic rings. The summed E-state index contributed by atoms with van der Waals surface area (Å²) >= 11 is 6.10. The van der Waals surface area contributed by atoms with Gasteiger partial charge in [0.25, 0.3) is 5.92 Å². The molecular weight excluding hydrogens is 520 g/mol. The number of carbonyl (C=O) groups is 2. The molecule has 2 heterocycles. The van der Waals surface area contributed by atoms with Crippen LogP contribution in [0, 0.1) is 11.3 Å². The summed E-state index contributed by atoms with van der Waals surface area (Å²) in [6.07, 6.45) is 2.48. The number of carbonyl (C=O) groups excluding carboxylic acids is 2. The van der Waals surface area contributed by atoms with Crippen molar-refractivity contribution in [1.29, 1.82) is 5.26 Å². The van der Waals surface area contributed by atoms with Gasteiger partial charge in [-0.3, -0.25) is 14.6 Å². The van der Waals surface area contributed by atoms with Crippen LogP contribution in [0.5, 0.6) is 0 Å². The molecule has 196 valence electrons. The van der Waals surface area contributed by atoms with E-state index in [-0.39, 0.29) is 18.6 Å². The number of likely N-dealkylation sites (tertiary alicyclic amines) is 1. The lowest BCUT2D eigenvalue weighted by molar-refractivity contribution is -0.132. The van der Waals surface area contributed by atoms with Crippen LogP contribution in [0.15, 0.2) is 66.9 Å². The van der Waals surface area contributed by atoms with Crippen molar-refractivity contribution in [3.05, 3.63) is 88.6 Å². The highest BCUT2D eigenvalue weighted by Gasteiger charge is 2.47. The third kappa shape index (κ3) is 5.67. The maximum atomic E-state index is 13.7. The number of hydrogen-bond donors (Lipinski definition) is 0. The summed E-state index contributed by atoms with van der Waals surface area (Å²) in [5.74, 6) is -4.01. The van der Waals surface area contributed by atoms with Gasteiger partial charge in [0, 0.05) is 41.4 Å². The zero-order valence-electron chi connectivity index (χ0n) is 21.1. The SMILES string of the molecule is C/C(=C\c1ccc2nccc(C(=O)CCC(=O)N3CC(F)(F)C[C@H]3C#N)c2c1)c1ccc2cc(Cl)ccc2c1. The summed E-state index contributed by atoms with van der Waals surface area (Å²) < 4.78 is 27.4. The second-order valence-corrected chi connectivity index (χ2v) is 10.3. The van der Waals surface area contributed by atoms with Crippen LogP contribution in [0.25, 0.3) is 33.3 Å². The molecule has 3 aromatic carbocycles. The lowest BCUT2D eigenvalue weighted by atomic mass is 9.97. The monoisotopic (exact) mass is 543 g/mol. The predicted molar refractivity (Wildman–Crippen MR) is 148 cm³/mol. The molecule has 0 spiro atoms. The zero-order valence-corrected chi connectivity index (χ0v) is 21.9. The molecule has 0 N–H and O–H groups in total. The average Bonchev–Trinajstić information content (AvgIpc) is 3.25. The van der Waals surface area contributed by atoms with Gasteiger partial charge in [0.2, 0.25) is 5.91 Å². The van der Waals surface area contributed by atoms with Gasteiger partial charge < -0.3 is 4.90 Å². The number of nitrogens with zero attached hydrogens (tertiary/aromatic N) is 3. The molecule has 1 amide bonds. The van der Waals surface area contributed by atoms with E-state index in [1.807, 2.05) is 61.5 Å². The molecule has 1 aliphatic rings. The number of rotatable bonds is 6. The summed E-state index contributed by atoms with van der Waals surface area (Å²) in [5.41, 5.74) is 4.00. The summed E-state index contributed by atoms with van der Waals surface area (Å²) in [6, 6.07) is 19.7. The summed E-state index contributed by atoms with van der Waals surface area (Å²) in [6.45, 7) is 1.22. The van der Waals surface area contributed by atoms with Gasteiger partial charge in [0.1, 0.15) is 6.04 Å². The second kappa shape index (κ2) is 10.5. The van der Waals surface area contributed by atoms with Crippen LogP contribution in [0.1, 0.15) is 47.7 Å². The van der Waals surface area contributed by atoms with Crippen molar-refractivity contribution >= 4 is 56.6 Å². The lowest BCUT2D eigenvalue weighted by Crippen LogP contribution is -2.36. The number of halogens is 3. The molecule has 0 bridgehead atoms. The molecule has 5 nitrogen and oxygen atoms in total. The van der Waals surface area contributed by atoms with Crippen LogP contribution in [0.3, 0.4) is 0 Å². The van der Waals surface area contributed by atoms with Crippen LogP contribution in [-0.4, -0.2) is 40.1 Å². The molecule has 1 fully saturated rings. The number of Topliss-reactive ketones (excluding diaryl/α,β-unsaturated/α-hetero) is 1. The molecule has 39 heavy (non-hydrogen) atoms. The Labute approximate surface area is 229 Å². The smallest absolute Gasteiger partial charge is 0.268 e. The predicted octanol–water partition coefficient (Wildman–Crippen LogP) is 7.32. The molecule has 0 unspecified atom stereocenters. The Morgan fingerprint density at radius 2 is 1.87 bits per heavy atom. The molecular formula is C31H24ClF2N3O2. The van der Waals surface area contributed by atoms with E-state index in [1.165, 1.54) is 6.20 Å². The Balaban J connectivity index is 1.36. The summed E-state index contributed by atoms with van der Waals surface area (Å²) in [5, 5.41) is 12.6. The van der Waals surface area contributed by atoms with Crippen LogP contribution >= 0.6 is 11.6 Å². The molecule has 1 atom stereocenters. The number of allylic oxidation sites excluding steroid dienone is 1. The molecule has 1 aromatic heterocycles. The lowest BCUT2D eigenvalue weighted by Gasteiger charge is -2.18. The highest BCUT2D eigenvalue weighted by Crippen LogP contribution is 2.32. The first-order valence-corrected chi connectivity index (χ1v) is 12.9. The summed E-state index contributed by atoms with van der Waals surface area (Å²) in [4.78, 5) is 30.9. The first kappa shape index (κ1) is 26.5. The Morgan fingerprint density at radius 1 is 1.10 bits per heavy atom. The number of fused-ring (bicyclic) bond motifs is 2. The van der Waals surface area contributed by atoms with Crippen LogP contribution in [0.2, 0.25) is 5.02 Å². The number of alkyl halides is 2. The van der Waals surface area contributed by atoms with Gasteiger partial charge in [-0.05, 0) is 70.8 Å². The Kier molecular flexibility index (Phi) is 7.16. The van der Waals surface area contributed by atoms with E-state index >= 15 is 0 Å². The van der Waals surface area contributed by atoms with Crippen molar-refractivity contribution < 1.29 is 18.4 Å². The van der Waals surface area contributed by atoms with E-state index in [0.717, 1.165) is 32.4 Å².